The summed E-state index contributed by atoms with van der Waals surface area (Å²) in [6.07, 6.45) is 2.79. The Balaban J connectivity index is 1.70. The Hall–Kier alpha value is -2.54. The molecule has 0 bridgehead atoms. The van der Waals surface area contributed by atoms with Crippen LogP contribution in [0.1, 0.15) is 61.9 Å². The van der Waals surface area contributed by atoms with Crippen molar-refractivity contribution in [1.82, 2.24) is 15.2 Å². The van der Waals surface area contributed by atoms with E-state index < -0.39 is 5.67 Å². The van der Waals surface area contributed by atoms with Crippen molar-refractivity contribution in [3.63, 3.8) is 0 Å². The molecule has 3 aromatic rings. The van der Waals surface area contributed by atoms with Gasteiger partial charge in [0, 0.05) is 43.9 Å². The number of hydrogen-bond acceptors (Lipinski definition) is 4. The van der Waals surface area contributed by atoms with Gasteiger partial charge in [-0.1, -0.05) is 37.3 Å². The van der Waals surface area contributed by atoms with Crippen molar-refractivity contribution < 1.29 is 9.13 Å². The maximum atomic E-state index is 14.9. The molecular formula is C29H38FN3O2. The second-order valence-electron chi connectivity index (χ2n) is 10.1. The molecule has 35 heavy (non-hydrogen) atoms. The van der Waals surface area contributed by atoms with Gasteiger partial charge in [-0.2, -0.15) is 0 Å². The number of aromatic amines is 1. The van der Waals surface area contributed by atoms with E-state index in [-0.39, 0.29) is 11.6 Å². The molecule has 0 amide bonds. The van der Waals surface area contributed by atoms with Crippen molar-refractivity contribution in [1.29, 1.82) is 0 Å². The molecule has 1 aliphatic rings. The van der Waals surface area contributed by atoms with Gasteiger partial charge in [0.1, 0.15) is 5.67 Å². The first kappa shape index (κ1) is 25.5. The zero-order valence-corrected chi connectivity index (χ0v) is 21.4. The van der Waals surface area contributed by atoms with Gasteiger partial charge in [0.2, 0.25) is 0 Å². The van der Waals surface area contributed by atoms with E-state index in [1.165, 1.54) is 0 Å². The number of ether oxygens (including phenoxy) is 1. The third kappa shape index (κ3) is 6.00. The van der Waals surface area contributed by atoms with Crippen LogP contribution in [0.5, 0.6) is 0 Å². The lowest BCUT2D eigenvalue weighted by molar-refractivity contribution is 0.151. The average Bonchev–Trinajstić information content (AvgIpc) is 2.85. The molecule has 0 radical (unpaired) electrons. The first-order valence-corrected chi connectivity index (χ1v) is 12.7. The maximum absolute atomic E-state index is 14.9. The first-order valence-electron chi connectivity index (χ1n) is 12.7. The Bertz CT molecular complexity index is 1190. The monoisotopic (exact) mass is 479 g/mol. The molecule has 188 valence electrons. The maximum Gasteiger partial charge on any atom is 0.251 e. The second-order valence-corrected chi connectivity index (χ2v) is 10.1. The summed E-state index contributed by atoms with van der Waals surface area (Å²) in [7, 11) is 1.73. The van der Waals surface area contributed by atoms with E-state index in [1.54, 1.807) is 21.0 Å². The third-order valence-corrected chi connectivity index (χ3v) is 7.16. The Kier molecular flexibility index (Phi) is 8.05. The van der Waals surface area contributed by atoms with Crippen LogP contribution >= 0.6 is 0 Å². The first-order chi connectivity index (χ1) is 16.8. The molecule has 1 aliphatic heterocycles. The number of rotatable bonds is 9. The number of halogens is 1. The van der Waals surface area contributed by atoms with Crippen molar-refractivity contribution >= 4 is 10.9 Å². The van der Waals surface area contributed by atoms with Gasteiger partial charge in [0.15, 0.2) is 0 Å². The molecule has 0 saturated carbocycles. The lowest BCUT2D eigenvalue weighted by Crippen LogP contribution is -2.44. The second kappa shape index (κ2) is 11.0. The highest BCUT2D eigenvalue weighted by Gasteiger charge is 2.29. The summed E-state index contributed by atoms with van der Waals surface area (Å²) in [5.41, 5.74) is 3.15. The van der Waals surface area contributed by atoms with Crippen LogP contribution < -0.4 is 10.9 Å². The quantitative estimate of drug-likeness (QED) is 0.420. The summed E-state index contributed by atoms with van der Waals surface area (Å²) in [6.45, 7) is 8.69. The minimum absolute atomic E-state index is 0.0126. The fraction of sp³-hybridized carbons (Fsp3) is 0.483. The number of benzene rings is 2. The molecule has 2 aromatic carbocycles. The zero-order chi connectivity index (χ0) is 25.0. The number of piperidine rings is 1. The highest BCUT2D eigenvalue weighted by molar-refractivity contribution is 5.80. The van der Waals surface area contributed by atoms with E-state index in [4.69, 9.17) is 4.74 Å². The minimum Gasteiger partial charge on any atom is -0.383 e. The van der Waals surface area contributed by atoms with Gasteiger partial charge in [0.05, 0.1) is 12.6 Å². The van der Waals surface area contributed by atoms with Crippen LogP contribution in [0.2, 0.25) is 0 Å². The molecule has 2 heterocycles. The number of likely N-dealkylation sites (tertiary alicyclic amines) is 1. The number of fused-ring (bicyclic) bond motifs is 1. The van der Waals surface area contributed by atoms with Gasteiger partial charge in [-0.25, -0.2) is 4.39 Å². The Morgan fingerprint density at radius 1 is 1.14 bits per heavy atom. The molecule has 0 spiro atoms. The fourth-order valence-electron chi connectivity index (χ4n) is 5.12. The number of hydrogen-bond donors (Lipinski definition) is 2. The molecule has 6 heteroatoms. The van der Waals surface area contributed by atoms with Gasteiger partial charge in [-0.3, -0.25) is 9.69 Å². The SMILES string of the molecule is CCc1cc2cc(C(c3cccc(C(C)(C)F)c3)N3CCC(NCCOC)CC3)ccc2[nH]c1=O. The molecule has 0 aliphatic carbocycles. The van der Waals surface area contributed by atoms with E-state index in [9.17, 15) is 9.18 Å². The van der Waals surface area contributed by atoms with Crippen LogP contribution in [0, 0.1) is 0 Å². The van der Waals surface area contributed by atoms with Gasteiger partial charge in [0.25, 0.3) is 5.56 Å². The highest BCUT2D eigenvalue weighted by atomic mass is 19.1. The van der Waals surface area contributed by atoms with Crippen LogP contribution in [0.15, 0.2) is 53.3 Å². The predicted octanol–water partition coefficient (Wildman–Crippen LogP) is 5.08. The number of alkyl halides is 1. The Morgan fingerprint density at radius 2 is 1.89 bits per heavy atom. The molecule has 5 nitrogen and oxygen atoms in total. The molecule has 1 saturated heterocycles. The molecule has 2 N–H and O–H groups in total. The fourth-order valence-corrected chi connectivity index (χ4v) is 5.12. The Labute approximate surface area is 207 Å². The predicted molar refractivity (Wildman–Crippen MR) is 141 cm³/mol. The van der Waals surface area contributed by atoms with Gasteiger partial charge < -0.3 is 15.0 Å². The summed E-state index contributed by atoms with van der Waals surface area (Å²) in [4.78, 5) is 17.8. The number of nitrogens with zero attached hydrogens (tertiary/aromatic N) is 1. The van der Waals surface area contributed by atoms with Crippen molar-refractivity contribution in [2.24, 2.45) is 0 Å². The highest BCUT2D eigenvalue weighted by Crippen LogP contribution is 2.35. The van der Waals surface area contributed by atoms with E-state index in [2.05, 4.69) is 33.4 Å². The molecule has 1 fully saturated rings. The third-order valence-electron chi connectivity index (χ3n) is 7.16. The largest absolute Gasteiger partial charge is 0.383 e. The number of nitrogens with one attached hydrogen (secondary N) is 2. The van der Waals surface area contributed by atoms with Crippen molar-refractivity contribution in [3.05, 3.63) is 81.1 Å². The smallest absolute Gasteiger partial charge is 0.251 e. The summed E-state index contributed by atoms with van der Waals surface area (Å²) in [6, 6.07) is 16.7. The number of aryl methyl sites for hydroxylation is 1. The van der Waals surface area contributed by atoms with Gasteiger partial charge in [-0.15, -0.1) is 0 Å². The summed E-state index contributed by atoms with van der Waals surface area (Å²) in [5, 5.41) is 4.63. The van der Waals surface area contributed by atoms with Crippen LogP contribution in [-0.2, 0) is 16.8 Å². The molecule has 4 rings (SSSR count). The standard InChI is InChI=1S/C29H38FN3O2/c1-5-20-17-23-18-22(9-10-26(23)32-28(20)34)27(21-7-6-8-24(19-21)29(2,3)30)33-14-11-25(12-15-33)31-13-16-35-4/h6-10,17-19,25,27,31H,5,11-16H2,1-4H3,(H,32,34). The molecule has 1 aromatic heterocycles. The number of pyridine rings is 1. The van der Waals surface area contributed by atoms with Crippen molar-refractivity contribution in [2.75, 3.05) is 33.4 Å². The number of methoxy groups -OCH3 is 1. The van der Waals surface area contributed by atoms with Gasteiger partial charge >= 0.3 is 0 Å². The molecular weight excluding hydrogens is 441 g/mol. The Morgan fingerprint density at radius 3 is 2.57 bits per heavy atom. The van der Waals surface area contributed by atoms with E-state index in [0.29, 0.717) is 24.6 Å². The van der Waals surface area contributed by atoms with Crippen molar-refractivity contribution in [2.45, 2.75) is 57.8 Å². The zero-order valence-electron chi connectivity index (χ0n) is 21.4. The number of H-pyrrole nitrogens is 1. The van der Waals surface area contributed by atoms with Crippen molar-refractivity contribution in [3.8, 4) is 0 Å². The van der Waals surface area contributed by atoms with Crippen LogP contribution in [0.4, 0.5) is 4.39 Å². The van der Waals surface area contributed by atoms with E-state index in [0.717, 1.165) is 60.1 Å². The van der Waals surface area contributed by atoms with Crippen LogP contribution in [-0.4, -0.2) is 49.3 Å². The summed E-state index contributed by atoms with van der Waals surface area (Å²) >= 11 is 0. The van der Waals surface area contributed by atoms with Gasteiger partial charge in [-0.05, 0) is 73.4 Å². The summed E-state index contributed by atoms with van der Waals surface area (Å²) < 4.78 is 20.1. The topological polar surface area (TPSA) is 57.4 Å². The van der Waals surface area contributed by atoms with Crippen LogP contribution in [0.25, 0.3) is 10.9 Å². The molecule has 1 unspecified atom stereocenters. The van der Waals surface area contributed by atoms with Crippen LogP contribution in [0.3, 0.4) is 0 Å². The average molecular weight is 480 g/mol. The lowest BCUT2D eigenvalue weighted by atomic mass is 9.90. The number of aromatic nitrogens is 1. The van der Waals surface area contributed by atoms with E-state index in [1.807, 2.05) is 37.3 Å². The molecule has 1 atom stereocenters. The van der Waals surface area contributed by atoms with E-state index >= 15 is 0 Å². The normalized spacial score (nSPS) is 16.6. The summed E-state index contributed by atoms with van der Waals surface area (Å²) in [5.74, 6) is 0. The minimum atomic E-state index is -1.41. The lowest BCUT2D eigenvalue weighted by Gasteiger charge is -2.39.